The van der Waals surface area contributed by atoms with Gasteiger partial charge in [-0.05, 0) is 43.5 Å². The Balaban J connectivity index is 1.60. The van der Waals surface area contributed by atoms with Crippen LogP contribution in [-0.4, -0.2) is 33.2 Å². The fourth-order valence-electron chi connectivity index (χ4n) is 2.46. The first-order valence-electron chi connectivity index (χ1n) is 8.72. The van der Waals surface area contributed by atoms with Gasteiger partial charge in [0.1, 0.15) is 5.75 Å². The van der Waals surface area contributed by atoms with Crippen LogP contribution in [0.4, 0.5) is 0 Å². The fraction of sp³-hybridized carbons (Fsp3) is 0.350. The second-order valence-corrected chi connectivity index (χ2v) is 8.16. The highest BCUT2D eigenvalue weighted by molar-refractivity contribution is 7.91. The SMILES string of the molecule is Cc1ccccc1OCCCC(=O)NCCCS(=O)(=O)c1ccccc1. The molecule has 6 heteroatoms. The van der Waals surface area contributed by atoms with Gasteiger partial charge in [-0.2, -0.15) is 0 Å². The molecule has 0 aliphatic carbocycles. The average Bonchev–Trinajstić information content (AvgIpc) is 2.64. The number of hydrogen-bond donors (Lipinski definition) is 1. The number of carbonyl (C=O) groups excluding carboxylic acids is 1. The monoisotopic (exact) mass is 375 g/mol. The number of amides is 1. The van der Waals surface area contributed by atoms with Crippen LogP contribution < -0.4 is 10.1 Å². The van der Waals surface area contributed by atoms with E-state index in [2.05, 4.69) is 5.32 Å². The molecule has 5 nitrogen and oxygen atoms in total. The molecule has 0 unspecified atom stereocenters. The van der Waals surface area contributed by atoms with Gasteiger partial charge in [-0.1, -0.05) is 36.4 Å². The van der Waals surface area contributed by atoms with Gasteiger partial charge in [-0.3, -0.25) is 4.79 Å². The van der Waals surface area contributed by atoms with E-state index in [1.54, 1.807) is 30.3 Å². The fourth-order valence-corrected chi connectivity index (χ4v) is 3.79. The lowest BCUT2D eigenvalue weighted by atomic mass is 10.2. The number of ether oxygens (including phenoxy) is 1. The Hall–Kier alpha value is -2.34. The van der Waals surface area contributed by atoms with Gasteiger partial charge in [0.25, 0.3) is 0 Å². The molecule has 0 aliphatic heterocycles. The Morgan fingerprint density at radius 3 is 2.42 bits per heavy atom. The van der Waals surface area contributed by atoms with E-state index in [9.17, 15) is 13.2 Å². The predicted molar refractivity (Wildman–Crippen MR) is 102 cm³/mol. The minimum absolute atomic E-state index is 0.0215. The minimum atomic E-state index is -3.29. The number of nitrogens with one attached hydrogen (secondary N) is 1. The van der Waals surface area contributed by atoms with Crippen LogP contribution in [0, 0.1) is 6.92 Å². The lowest BCUT2D eigenvalue weighted by Gasteiger charge is -2.09. The molecule has 0 atom stereocenters. The Morgan fingerprint density at radius 1 is 1.00 bits per heavy atom. The van der Waals surface area contributed by atoms with Crippen LogP contribution in [0.3, 0.4) is 0 Å². The molecule has 0 aliphatic rings. The van der Waals surface area contributed by atoms with Gasteiger partial charge in [0.05, 0.1) is 17.3 Å². The molecule has 0 aromatic heterocycles. The lowest BCUT2D eigenvalue weighted by Crippen LogP contribution is -2.26. The van der Waals surface area contributed by atoms with E-state index in [1.807, 2.05) is 31.2 Å². The second-order valence-electron chi connectivity index (χ2n) is 6.05. The highest BCUT2D eigenvalue weighted by Gasteiger charge is 2.13. The molecule has 0 radical (unpaired) electrons. The number of aryl methyl sites for hydroxylation is 1. The third kappa shape index (κ3) is 6.52. The standard InChI is InChI=1S/C20H25NO4S/c1-17-9-5-6-12-19(17)25-15-7-13-20(22)21-14-8-16-26(23,24)18-10-3-2-4-11-18/h2-6,9-12H,7-8,13-16H2,1H3,(H,21,22). The first-order valence-corrected chi connectivity index (χ1v) is 10.4. The normalized spacial score (nSPS) is 11.1. The third-order valence-electron chi connectivity index (χ3n) is 3.91. The lowest BCUT2D eigenvalue weighted by molar-refractivity contribution is -0.121. The van der Waals surface area contributed by atoms with E-state index in [0.29, 0.717) is 37.3 Å². The number of rotatable bonds is 10. The van der Waals surface area contributed by atoms with Crippen LogP contribution in [0.2, 0.25) is 0 Å². The van der Waals surface area contributed by atoms with E-state index in [-0.39, 0.29) is 11.7 Å². The van der Waals surface area contributed by atoms with Crippen molar-refractivity contribution in [3.05, 3.63) is 60.2 Å². The third-order valence-corrected chi connectivity index (χ3v) is 5.73. The maximum Gasteiger partial charge on any atom is 0.220 e. The molecule has 140 valence electrons. The first-order chi connectivity index (χ1) is 12.5. The highest BCUT2D eigenvalue weighted by Crippen LogP contribution is 2.16. The molecule has 2 rings (SSSR count). The summed E-state index contributed by atoms with van der Waals surface area (Å²) in [5, 5.41) is 2.76. The van der Waals surface area contributed by atoms with Gasteiger partial charge in [0, 0.05) is 13.0 Å². The van der Waals surface area contributed by atoms with Crippen molar-refractivity contribution in [2.75, 3.05) is 18.9 Å². The quantitative estimate of drug-likeness (QED) is 0.648. The average molecular weight is 375 g/mol. The summed E-state index contributed by atoms with van der Waals surface area (Å²) in [5.74, 6) is 0.766. The van der Waals surface area contributed by atoms with E-state index in [0.717, 1.165) is 11.3 Å². The van der Waals surface area contributed by atoms with Crippen molar-refractivity contribution >= 4 is 15.7 Å². The van der Waals surface area contributed by atoms with Crippen LogP contribution in [-0.2, 0) is 14.6 Å². The maximum absolute atomic E-state index is 12.1. The molecular formula is C20H25NO4S. The molecule has 2 aromatic carbocycles. The van der Waals surface area contributed by atoms with Crippen molar-refractivity contribution in [1.29, 1.82) is 0 Å². The minimum Gasteiger partial charge on any atom is -0.493 e. The van der Waals surface area contributed by atoms with Crippen molar-refractivity contribution in [3.63, 3.8) is 0 Å². The van der Waals surface area contributed by atoms with Crippen molar-refractivity contribution in [3.8, 4) is 5.75 Å². The topological polar surface area (TPSA) is 72.5 Å². The van der Waals surface area contributed by atoms with Gasteiger partial charge < -0.3 is 10.1 Å². The van der Waals surface area contributed by atoms with Crippen molar-refractivity contribution in [2.45, 2.75) is 31.1 Å². The van der Waals surface area contributed by atoms with Gasteiger partial charge in [0.2, 0.25) is 5.91 Å². The second kappa shape index (κ2) is 9.97. The van der Waals surface area contributed by atoms with E-state index >= 15 is 0 Å². The Kier molecular flexibility index (Phi) is 7.66. The molecule has 1 amide bonds. The van der Waals surface area contributed by atoms with Crippen LogP contribution in [0.1, 0.15) is 24.8 Å². The molecule has 1 N–H and O–H groups in total. The molecular weight excluding hydrogens is 350 g/mol. The molecule has 0 saturated heterocycles. The number of sulfone groups is 1. The summed E-state index contributed by atoms with van der Waals surface area (Å²) in [6.07, 6.45) is 1.36. The van der Waals surface area contributed by atoms with Crippen LogP contribution in [0.25, 0.3) is 0 Å². The summed E-state index contributed by atoms with van der Waals surface area (Å²) < 4.78 is 29.9. The summed E-state index contributed by atoms with van der Waals surface area (Å²) >= 11 is 0. The summed E-state index contributed by atoms with van der Waals surface area (Å²) in [7, 11) is -3.29. The first kappa shape index (κ1) is 20.0. The smallest absolute Gasteiger partial charge is 0.220 e. The van der Waals surface area contributed by atoms with Gasteiger partial charge in [-0.15, -0.1) is 0 Å². The molecule has 0 heterocycles. The largest absolute Gasteiger partial charge is 0.493 e. The Morgan fingerprint density at radius 2 is 1.69 bits per heavy atom. The number of benzene rings is 2. The summed E-state index contributed by atoms with van der Waals surface area (Å²) in [4.78, 5) is 12.1. The Labute approximate surface area is 155 Å². The summed E-state index contributed by atoms with van der Waals surface area (Å²) in [6, 6.07) is 16.1. The van der Waals surface area contributed by atoms with E-state index in [4.69, 9.17) is 4.74 Å². The molecule has 0 saturated carbocycles. The molecule has 0 fully saturated rings. The molecule has 0 bridgehead atoms. The van der Waals surface area contributed by atoms with Gasteiger partial charge in [0.15, 0.2) is 9.84 Å². The van der Waals surface area contributed by atoms with Crippen molar-refractivity contribution in [2.24, 2.45) is 0 Å². The zero-order valence-electron chi connectivity index (χ0n) is 15.0. The summed E-state index contributed by atoms with van der Waals surface area (Å²) in [5.41, 5.74) is 1.07. The number of carbonyl (C=O) groups is 1. The van der Waals surface area contributed by atoms with E-state index < -0.39 is 9.84 Å². The summed E-state index contributed by atoms with van der Waals surface area (Å²) in [6.45, 7) is 2.80. The van der Waals surface area contributed by atoms with Crippen molar-refractivity contribution < 1.29 is 17.9 Å². The molecule has 0 spiro atoms. The molecule has 26 heavy (non-hydrogen) atoms. The predicted octanol–water partition coefficient (Wildman–Crippen LogP) is 3.13. The van der Waals surface area contributed by atoms with Gasteiger partial charge >= 0.3 is 0 Å². The highest BCUT2D eigenvalue weighted by atomic mass is 32.2. The molecule has 2 aromatic rings. The Bertz CT molecular complexity index is 804. The van der Waals surface area contributed by atoms with Crippen molar-refractivity contribution in [1.82, 2.24) is 5.32 Å². The maximum atomic E-state index is 12.1. The van der Waals surface area contributed by atoms with Crippen LogP contribution in [0.5, 0.6) is 5.75 Å². The van der Waals surface area contributed by atoms with Crippen LogP contribution in [0.15, 0.2) is 59.5 Å². The zero-order chi connectivity index (χ0) is 18.8. The zero-order valence-corrected chi connectivity index (χ0v) is 15.8. The van der Waals surface area contributed by atoms with Gasteiger partial charge in [-0.25, -0.2) is 8.42 Å². The van der Waals surface area contributed by atoms with Crippen LogP contribution >= 0.6 is 0 Å². The van der Waals surface area contributed by atoms with E-state index in [1.165, 1.54) is 0 Å². The number of hydrogen-bond acceptors (Lipinski definition) is 4. The number of para-hydroxylation sites is 1.